The number of ketones is 1. The van der Waals surface area contributed by atoms with Gasteiger partial charge in [0, 0.05) is 6.42 Å². The first-order valence-corrected chi connectivity index (χ1v) is 3.64. The van der Waals surface area contributed by atoms with Crippen molar-refractivity contribution in [2.75, 3.05) is 6.61 Å². The second-order valence-electron chi connectivity index (χ2n) is 2.69. The molecule has 72 valence electrons. The van der Waals surface area contributed by atoms with Crippen LogP contribution < -0.4 is 0 Å². The van der Waals surface area contributed by atoms with Gasteiger partial charge in [-0.3, -0.25) is 4.79 Å². The first kappa shape index (κ1) is 11.5. The van der Waals surface area contributed by atoms with Crippen molar-refractivity contribution in [3.8, 4) is 0 Å². The smallest absolute Gasteiger partial charge is 0.160 e. The zero-order chi connectivity index (χ0) is 9.72. The zero-order valence-corrected chi connectivity index (χ0v) is 6.84. The maximum atomic E-state index is 10.5. The molecule has 0 aromatic rings. The van der Waals surface area contributed by atoms with E-state index in [-0.39, 0.29) is 6.42 Å². The van der Waals surface area contributed by atoms with Gasteiger partial charge in [-0.15, -0.1) is 0 Å². The van der Waals surface area contributed by atoms with E-state index in [0.29, 0.717) is 0 Å². The maximum Gasteiger partial charge on any atom is 0.160 e. The van der Waals surface area contributed by atoms with Crippen molar-refractivity contribution < 1.29 is 25.2 Å². The summed E-state index contributed by atoms with van der Waals surface area (Å²) < 4.78 is 0. The van der Waals surface area contributed by atoms with Crippen molar-refractivity contribution in [1.82, 2.24) is 0 Å². The van der Waals surface area contributed by atoms with E-state index in [1.54, 1.807) is 0 Å². The van der Waals surface area contributed by atoms with E-state index in [4.69, 9.17) is 20.4 Å². The third kappa shape index (κ3) is 3.77. The van der Waals surface area contributed by atoms with Gasteiger partial charge in [0.25, 0.3) is 0 Å². The van der Waals surface area contributed by atoms with Gasteiger partial charge in [0.05, 0.1) is 18.8 Å². The molecule has 0 bridgehead atoms. The van der Waals surface area contributed by atoms with E-state index in [2.05, 4.69) is 0 Å². The lowest BCUT2D eigenvalue weighted by Crippen LogP contribution is -2.35. The van der Waals surface area contributed by atoms with Gasteiger partial charge in [0.1, 0.15) is 6.10 Å². The summed E-state index contributed by atoms with van der Waals surface area (Å²) in [5, 5.41) is 35.2. The highest BCUT2D eigenvalue weighted by Gasteiger charge is 2.22. The van der Waals surface area contributed by atoms with Crippen LogP contribution in [0.3, 0.4) is 0 Å². The molecule has 0 rings (SSSR count). The lowest BCUT2D eigenvalue weighted by atomic mass is 10.0. The van der Waals surface area contributed by atoms with Crippen molar-refractivity contribution in [3.63, 3.8) is 0 Å². The zero-order valence-electron chi connectivity index (χ0n) is 6.84. The van der Waals surface area contributed by atoms with Gasteiger partial charge in [0.2, 0.25) is 0 Å². The summed E-state index contributed by atoms with van der Waals surface area (Å²) >= 11 is 0. The van der Waals surface area contributed by atoms with Crippen LogP contribution in [0.1, 0.15) is 13.3 Å². The number of hydrogen-bond donors (Lipinski definition) is 4. The highest BCUT2D eigenvalue weighted by Crippen LogP contribution is 2.03. The highest BCUT2D eigenvalue weighted by atomic mass is 16.3. The molecule has 0 aliphatic carbocycles. The number of carbonyl (C=O) groups excluding carboxylic acids is 1. The monoisotopic (exact) mass is 178 g/mol. The third-order valence-corrected chi connectivity index (χ3v) is 1.51. The lowest BCUT2D eigenvalue weighted by Gasteiger charge is -2.17. The standard InChI is InChI=1S/C7H14O5/c1-4(9)7(12)6(11)2-5(10)3-8/h5-8,10-12H,2-3H2,1H3/t5-,6-,7-/m0/s1. The molecular weight excluding hydrogens is 164 g/mol. The number of Topliss-reactive ketones (excluding diaryl/α,β-unsaturated/α-hetero) is 1. The Bertz CT molecular complexity index is 147. The van der Waals surface area contributed by atoms with E-state index in [0.717, 1.165) is 6.92 Å². The van der Waals surface area contributed by atoms with Crippen LogP contribution in [0.15, 0.2) is 0 Å². The minimum atomic E-state index is -1.48. The summed E-state index contributed by atoms with van der Waals surface area (Å²) in [6.45, 7) is 0.640. The van der Waals surface area contributed by atoms with Crippen molar-refractivity contribution >= 4 is 5.78 Å². The first-order chi connectivity index (χ1) is 5.49. The number of hydrogen-bond acceptors (Lipinski definition) is 5. The molecule has 4 N–H and O–H groups in total. The molecular formula is C7H14O5. The summed E-state index contributed by atoms with van der Waals surface area (Å²) in [5.41, 5.74) is 0. The Kier molecular flexibility index (Phi) is 5.00. The average molecular weight is 178 g/mol. The van der Waals surface area contributed by atoms with Crippen LogP contribution in [0.25, 0.3) is 0 Å². The van der Waals surface area contributed by atoms with Gasteiger partial charge in [0.15, 0.2) is 5.78 Å². The van der Waals surface area contributed by atoms with Gasteiger partial charge in [-0.25, -0.2) is 0 Å². The summed E-state index contributed by atoms with van der Waals surface area (Å²) in [4.78, 5) is 10.5. The Morgan fingerprint density at radius 3 is 2.17 bits per heavy atom. The molecule has 0 unspecified atom stereocenters. The van der Waals surface area contributed by atoms with E-state index in [1.807, 2.05) is 0 Å². The van der Waals surface area contributed by atoms with Crippen molar-refractivity contribution in [3.05, 3.63) is 0 Å². The fraction of sp³-hybridized carbons (Fsp3) is 0.857. The molecule has 12 heavy (non-hydrogen) atoms. The Balaban J connectivity index is 3.86. The molecule has 0 radical (unpaired) electrons. The average Bonchev–Trinajstić information content (AvgIpc) is 2.02. The quantitative estimate of drug-likeness (QED) is 0.392. The molecule has 0 aromatic carbocycles. The van der Waals surface area contributed by atoms with Gasteiger partial charge >= 0.3 is 0 Å². The number of rotatable bonds is 5. The summed E-state index contributed by atoms with van der Waals surface area (Å²) in [6.07, 6.45) is -4.11. The van der Waals surface area contributed by atoms with E-state index < -0.39 is 30.7 Å². The lowest BCUT2D eigenvalue weighted by molar-refractivity contribution is -0.132. The van der Waals surface area contributed by atoms with Crippen LogP contribution in [-0.2, 0) is 4.79 Å². The Hall–Kier alpha value is -0.490. The minimum absolute atomic E-state index is 0.211. The molecule has 0 heterocycles. The van der Waals surface area contributed by atoms with Crippen molar-refractivity contribution in [2.45, 2.75) is 31.7 Å². The van der Waals surface area contributed by atoms with Gasteiger partial charge in [-0.05, 0) is 6.92 Å². The second kappa shape index (κ2) is 5.21. The molecule has 0 amide bonds. The molecule has 0 aliphatic heterocycles. The predicted molar refractivity (Wildman–Crippen MR) is 40.4 cm³/mol. The molecule has 0 saturated heterocycles. The fourth-order valence-corrected chi connectivity index (χ4v) is 0.753. The summed E-state index contributed by atoms with van der Waals surface area (Å²) in [6, 6.07) is 0. The topological polar surface area (TPSA) is 98.0 Å². The molecule has 3 atom stereocenters. The van der Waals surface area contributed by atoms with Crippen LogP contribution >= 0.6 is 0 Å². The van der Waals surface area contributed by atoms with Crippen LogP contribution in [0, 0.1) is 0 Å². The van der Waals surface area contributed by atoms with Gasteiger partial charge in [-0.1, -0.05) is 0 Å². The number of carbonyl (C=O) groups is 1. The van der Waals surface area contributed by atoms with Gasteiger partial charge in [-0.2, -0.15) is 0 Å². The molecule has 5 heteroatoms. The third-order valence-electron chi connectivity index (χ3n) is 1.51. The molecule has 0 fully saturated rings. The second-order valence-corrected chi connectivity index (χ2v) is 2.69. The van der Waals surface area contributed by atoms with E-state index >= 15 is 0 Å². The largest absolute Gasteiger partial charge is 0.394 e. The van der Waals surface area contributed by atoms with Gasteiger partial charge < -0.3 is 20.4 Å². The molecule has 0 aliphatic rings. The van der Waals surface area contributed by atoms with Crippen LogP contribution in [0.2, 0.25) is 0 Å². The predicted octanol–water partition coefficient (Wildman–Crippen LogP) is -1.96. The fourth-order valence-electron chi connectivity index (χ4n) is 0.753. The summed E-state index contributed by atoms with van der Waals surface area (Å²) in [7, 11) is 0. The Labute approximate surface area is 70.3 Å². The van der Waals surface area contributed by atoms with E-state index in [9.17, 15) is 4.79 Å². The molecule has 0 aromatic heterocycles. The normalized spacial score (nSPS) is 18.4. The number of aliphatic hydroxyl groups is 4. The Morgan fingerprint density at radius 1 is 1.33 bits per heavy atom. The van der Waals surface area contributed by atoms with E-state index in [1.165, 1.54) is 0 Å². The highest BCUT2D eigenvalue weighted by molar-refractivity contribution is 5.80. The SMILES string of the molecule is CC(=O)[C@H](O)[C@@H](O)C[C@H](O)CO. The van der Waals surface area contributed by atoms with Crippen LogP contribution in [-0.4, -0.2) is 51.1 Å². The number of aliphatic hydroxyl groups excluding tert-OH is 4. The minimum Gasteiger partial charge on any atom is -0.394 e. The van der Waals surface area contributed by atoms with Crippen LogP contribution in [0.4, 0.5) is 0 Å². The Morgan fingerprint density at radius 2 is 1.83 bits per heavy atom. The first-order valence-electron chi connectivity index (χ1n) is 3.64. The molecule has 5 nitrogen and oxygen atoms in total. The summed E-state index contributed by atoms with van der Waals surface area (Å²) in [5.74, 6) is -0.562. The van der Waals surface area contributed by atoms with Crippen molar-refractivity contribution in [1.29, 1.82) is 0 Å². The maximum absolute atomic E-state index is 10.5. The van der Waals surface area contributed by atoms with Crippen molar-refractivity contribution in [2.24, 2.45) is 0 Å². The molecule has 0 spiro atoms. The van der Waals surface area contributed by atoms with Crippen LogP contribution in [0.5, 0.6) is 0 Å². The molecule has 0 saturated carbocycles.